The van der Waals surface area contributed by atoms with Crippen molar-refractivity contribution >= 4 is 5.91 Å². The summed E-state index contributed by atoms with van der Waals surface area (Å²) < 4.78 is 0. The number of hydrogen-bond acceptors (Lipinski definition) is 3. The molecule has 120 valence electrons. The molecule has 4 heteroatoms. The monoisotopic (exact) mass is 309 g/mol. The van der Waals surface area contributed by atoms with E-state index in [-0.39, 0.29) is 5.54 Å². The molecule has 4 rings (SSSR count). The van der Waals surface area contributed by atoms with Gasteiger partial charge in [0, 0.05) is 19.1 Å². The number of carbonyl (C=O) groups excluding carboxylic acids is 1. The zero-order valence-corrected chi connectivity index (χ0v) is 13.5. The van der Waals surface area contributed by atoms with Gasteiger partial charge in [-0.25, -0.2) is 0 Å². The summed E-state index contributed by atoms with van der Waals surface area (Å²) >= 11 is 0. The number of piperidine rings is 1. The fraction of sp³-hybridized carbons (Fsp3) is 0.579. The molecule has 1 spiro atoms. The number of benzene rings is 1. The van der Waals surface area contributed by atoms with Crippen molar-refractivity contribution < 1.29 is 4.79 Å². The SMILES string of the molecule is N#Cc1cccc(CN2CCCC23CCCN(C2CC2)C3=O)c1. The Hall–Kier alpha value is -1.86. The lowest BCUT2D eigenvalue weighted by Gasteiger charge is -2.45. The summed E-state index contributed by atoms with van der Waals surface area (Å²) in [6.45, 7) is 2.71. The van der Waals surface area contributed by atoms with E-state index in [1.54, 1.807) is 0 Å². The third-order valence-electron chi connectivity index (χ3n) is 5.69. The molecule has 2 saturated heterocycles. The lowest BCUT2D eigenvalue weighted by molar-refractivity contribution is -0.148. The van der Waals surface area contributed by atoms with Gasteiger partial charge >= 0.3 is 0 Å². The van der Waals surface area contributed by atoms with E-state index in [1.165, 1.54) is 12.8 Å². The van der Waals surface area contributed by atoms with Gasteiger partial charge in [0.1, 0.15) is 5.54 Å². The topological polar surface area (TPSA) is 47.3 Å². The first-order chi connectivity index (χ1) is 11.2. The first-order valence-electron chi connectivity index (χ1n) is 8.78. The number of carbonyl (C=O) groups is 1. The van der Waals surface area contributed by atoms with Crippen LogP contribution in [0.5, 0.6) is 0 Å². The van der Waals surface area contributed by atoms with Gasteiger partial charge in [-0.05, 0) is 62.8 Å². The van der Waals surface area contributed by atoms with Crippen LogP contribution in [0.25, 0.3) is 0 Å². The van der Waals surface area contributed by atoms with Gasteiger partial charge in [0.2, 0.25) is 5.91 Å². The van der Waals surface area contributed by atoms with E-state index >= 15 is 0 Å². The van der Waals surface area contributed by atoms with Crippen molar-refractivity contribution in [2.24, 2.45) is 0 Å². The number of hydrogen-bond donors (Lipinski definition) is 0. The van der Waals surface area contributed by atoms with Crippen LogP contribution in [0.4, 0.5) is 0 Å². The van der Waals surface area contributed by atoms with Crippen molar-refractivity contribution in [1.82, 2.24) is 9.80 Å². The van der Waals surface area contributed by atoms with Gasteiger partial charge in [0.05, 0.1) is 11.6 Å². The zero-order valence-electron chi connectivity index (χ0n) is 13.5. The van der Waals surface area contributed by atoms with E-state index in [2.05, 4.69) is 21.9 Å². The van der Waals surface area contributed by atoms with Crippen LogP contribution in [0, 0.1) is 11.3 Å². The van der Waals surface area contributed by atoms with Crippen molar-refractivity contribution in [2.75, 3.05) is 13.1 Å². The van der Waals surface area contributed by atoms with Gasteiger partial charge in [-0.2, -0.15) is 5.26 Å². The lowest BCUT2D eigenvalue weighted by Crippen LogP contribution is -2.60. The highest BCUT2D eigenvalue weighted by Gasteiger charge is 2.52. The third kappa shape index (κ3) is 2.53. The largest absolute Gasteiger partial charge is 0.338 e. The third-order valence-corrected chi connectivity index (χ3v) is 5.69. The average molecular weight is 309 g/mol. The predicted molar refractivity (Wildman–Crippen MR) is 87.5 cm³/mol. The summed E-state index contributed by atoms with van der Waals surface area (Å²) in [6.07, 6.45) is 6.58. The minimum atomic E-state index is -0.274. The quantitative estimate of drug-likeness (QED) is 0.862. The first-order valence-corrected chi connectivity index (χ1v) is 8.78. The lowest BCUT2D eigenvalue weighted by atomic mass is 9.85. The van der Waals surface area contributed by atoms with Crippen molar-refractivity contribution in [1.29, 1.82) is 5.26 Å². The fourth-order valence-corrected chi connectivity index (χ4v) is 4.40. The van der Waals surface area contributed by atoms with Gasteiger partial charge in [-0.1, -0.05) is 12.1 Å². The summed E-state index contributed by atoms with van der Waals surface area (Å²) in [5, 5.41) is 9.09. The zero-order chi connectivity index (χ0) is 15.9. The van der Waals surface area contributed by atoms with Crippen LogP contribution in [0.2, 0.25) is 0 Å². The van der Waals surface area contributed by atoms with Gasteiger partial charge in [-0.3, -0.25) is 9.69 Å². The van der Waals surface area contributed by atoms with Crippen LogP contribution in [-0.4, -0.2) is 40.4 Å². The van der Waals surface area contributed by atoms with Crippen molar-refractivity contribution in [2.45, 2.75) is 56.7 Å². The molecule has 0 bridgehead atoms. The molecule has 1 atom stereocenters. The molecule has 1 aromatic carbocycles. The smallest absolute Gasteiger partial charge is 0.243 e. The normalized spacial score (nSPS) is 28.3. The molecule has 0 N–H and O–H groups in total. The maximum atomic E-state index is 13.2. The summed E-state index contributed by atoms with van der Waals surface area (Å²) in [4.78, 5) is 17.7. The molecule has 3 fully saturated rings. The molecule has 2 aliphatic heterocycles. The predicted octanol–water partition coefficient (Wildman–Crippen LogP) is 2.68. The van der Waals surface area contributed by atoms with E-state index in [0.29, 0.717) is 17.5 Å². The molecular weight excluding hydrogens is 286 g/mol. The molecule has 3 aliphatic rings. The number of nitriles is 1. The number of rotatable bonds is 3. The Kier molecular flexibility index (Phi) is 3.61. The van der Waals surface area contributed by atoms with E-state index < -0.39 is 0 Å². The van der Waals surface area contributed by atoms with Crippen LogP contribution in [-0.2, 0) is 11.3 Å². The van der Waals surface area contributed by atoms with Crippen molar-refractivity contribution in [3.63, 3.8) is 0 Å². The minimum Gasteiger partial charge on any atom is -0.338 e. The van der Waals surface area contributed by atoms with Gasteiger partial charge in [-0.15, -0.1) is 0 Å². The second-order valence-electron chi connectivity index (χ2n) is 7.20. The van der Waals surface area contributed by atoms with Crippen LogP contribution >= 0.6 is 0 Å². The van der Waals surface area contributed by atoms with E-state index in [9.17, 15) is 4.79 Å². The Labute approximate surface area is 137 Å². The number of amides is 1. The Morgan fingerprint density at radius 2 is 2.00 bits per heavy atom. The second-order valence-corrected chi connectivity index (χ2v) is 7.20. The Morgan fingerprint density at radius 1 is 1.22 bits per heavy atom. The Balaban J connectivity index is 1.58. The molecule has 1 aromatic rings. The number of likely N-dealkylation sites (tertiary alicyclic amines) is 2. The minimum absolute atomic E-state index is 0.274. The summed E-state index contributed by atoms with van der Waals surface area (Å²) in [5.41, 5.74) is 1.57. The van der Waals surface area contributed by atoms with Crippen LogP contribution in [0.3, 0.4) is 0 Å². The van der Waals surface area contributed by atoms with Gasteiger partial charge < -0.3 is 4.90 Å². The maximum absolute atomic E-state index is 13.2. The Bertz CT molecular complexity index is 661. The summed E-state index contributed by atoms with van der Waals surface area (Å²) in [6, 6.07) is 10.5. The molecule has 1 unspecified atom stereocenters. The average Bonchev–Trinajstić information content (AvgIpc) is 3.34. The van der Waals surface area contributed by atoms with Gasteiger partial charge in [0.15, 0.2) is 0 Å². The molecule has 0 radical (unpaired) electrons. The summed E-state index contributed by atoms with van der Waals surface area (Å²) in [5.74, 6) is 0.375. The van der Waals surface area contributed by atoms with Gasteiger partial charge in [0.25, 0.3) is 0 Å². The van der Waals surface area contributed by atoms with Crippen molar-refractivity contribution in [3.8, 4) is 6.07 Å². The highest BCUT2D eigenvalue weighted by molar-refractivity contribution is 5.88. The molecule has 1 amide bonds. The molecule has 0 aromatic heterocycles. The molecular formula is C19H23N3O. The number of nitrogens with zero attached hydrogens (tertiary/aromatic N) is 3. The standard InChI is InChI=1S/C19H23N3O/c20-13-15-4-1-5-16(12-15)14-21-10-2-8-19(21)9-3-11-22(18(19)23)17-6-7-17/h1,4-5,12,17H,2-3,6-11,14H2. The van der Waals surface area contributed by atoms with E-state index in [0.717, 1.165) is 50.9 Å². The molecule has 4 nitrogen and oxygen atoms in total. The molecule has 23 heavy (non-hydrogen) atoms. The van der Waals surface area contributed by atoms with Crippen LogP contribution < -0.4 is 0 Å². The molecule has 2 heterocycles. The highest BCUT2D eigenvalue weighted by atomic mass is 16.2. The molecule has 1 aliphatic carbocycles. The summed E-state index contributed by atoms with van der Waals surface area (Å²) in [7, 11) is 0. The van der Waals surface area contributed by atoms with Crippen LogP contribution in [0.1, 0.15) is 49.7 Å². The van der Waals surface area contributed by atoms with Crippen molar-refractivity contribution in [3.05, 3.63) is 35.4 Å². The highest BCUT2D eigenvalue weighted by Crippen LogP contribution is 2.42. The maximum Gasteiger partial charge on any atom is 0.243 e. The van der Waals surface area contributed by atoms with E-state index in [4.69, 9.17) is 5.26 Å². The van der Waals surface area contributed by atoms with E-state index in [1.807, 2.05) is 18.2 Å². The molecule has 1 saturated carbocycles. The van der Waals surface area contributed by atoms with Crippen LogP contribution in [0.15, 0.2) is 24.3 Å². The Morgan fingerprint density at radius 3 is 2.74 bits per heavy atom. The first kappa shape index (κ1) is 14.7. The fourth-order valence-electron chi connectivity index (χ4n) is 4.40. The second kappa shape index (κ2) is 5.65.